The molecule has 1 amide bonds. The lowest BCUT2D eigenvalue weighted by Crippen LogP contribution is -2.34. The van der Waals surface area contributed by atoms with Gasteiger partial charge in [-0.1, -0.05) is 0 Å². The second-order valence-corrected chi connectivity index (χ2v) is 4.39. The molecule has 0 unspecified atom stereocenters. The number of nitro benzene ring substituents is 1. The lowest BCUT2D eigenvalue weighted by Gasteiger charge is -2.21. The van der Waals surface area contributed by atoms with E-state index in [9.17, 15) is 14.9 Å². The van der Waals surface area contributed by atoms with Crippen LogP contribution in [0.5, 0.6) is 0 Å². The Balaban J connectivity index is 3.01. The fourth-order valence-corrected chi connectivity index (χ4v) is 1.50. The van der Waals surface area contributed by atoms with E-state index in [1.807, 2.05) is 0 Å². The minimum Gasteiger partial charge on any atom is -0.388 e. The third kappa shape index (κ3) is 3.84. The maximum absolute atomic E-state index is 11.6. The molecule has 1 rings (SSSR count). The second-order valence-electron chi connectivity index (χ2n) is 4.39. The number of hydrogen-bond donors (Lipinski definition) is 1. The number of carbonyl (C=O) groups is 1. The first-order valence-corrected chi connectivity index (χ1v) is 5.73. The van der Waals surface area contributed by atoms with Gasteiger partial charge >= 0.3 is 0 Å². The highest BCUT2D eigenvalue weighted by molar-refractivity contribution is 5.81. The highest BCUT2D eigenvalue weighted by atomic mass is 16.6. The van der Waals surface area contributed by atoms with Crippen LogP contribution in [0.4, 0.5) is 17.1 Å². The fourth-order valence-electron chi connectivity index (χ4n) is 1.50. The Morgan fingerprint density at radius 1 is 1.32 bits per heavy atom. The van der Waals surface area contributed by atoms with Crippen molar-refractivity contribution in [2.45, 2.75) is 0 Å². The zero-order valence-electron chi connectivity index (χ0n) is 11.5. The van der Waals surface area contributed by atoms with Gasteiger partial charge < -0.3 is 15.1 Å². The number of nitro groups is 1. The van der Waals surface area contributed by atoms with E-state index in [0.717, 1.165) is 0 Å². The minimum atomic E-state index is -0.452. The first kappa shape index (κ1) is 14.7. The summed E-state index contributed by atoms with van der Waals surface area (Å²) in [4.78, 5) is 25.2. The molecule has 0 spiro atoms. The number of amides is 1. The minimum absolute atomic E-state index is 0.00833. The number of anilines is 2. The van der Waals surface area contributed by atoms with Gasteiger partial charge in [-0.3, -0.25) is 14.9 Å². The smallest absolute Gasteiger partial charge is 0.273 e. The number of carbonyl (C=O) groups excluding carboxylic acids is 1. The number of likely N-dealkylation sites (N-methyl/N-ethyl adjacent to an activating group) is 2. The molecular formula is C12H18N4O3. The van der Waals surface area contributed by atoms with Gasteiger partial charge in [0.15, 0.2) is 0 Å². The topological polar surface area (TPSA) is 78.7 Å². The van der Waals surface area contributed by atoms with E-state index in [1.165, 1.54) is 17.0 Å². The lowest BCUT2D eigenvalue weighted by molar-refractivity contribution is -0.384. The van der Waals surface area contributed by atoms with Crippen LogP contribution in [0.3, 0.4) is 0 Å². The van der Waals surface area contributed by atoms with Crippen molar-refractivity contribution in [3.05, 3.63) is 28.3 Å². The molecular weight excluding hydrogens is 248 g/mol. The normalized spacial score (nSPS) is 9.89. The number of nitrogens with one attached hydrogen (secondary N) is 1. The van der Waals surface area contributed by atoms with E-state index < -0.39 is 4.92 Å². The van der Waals surface area contributed by atoms with E-state index in [1.54, 1.807) is 39.2 Å². The van der Waals surface area contributed by atoms with Gasteiger partial charge in [0.25, 0.3) is 5.69 Å². The van der Waals surface area contributed by atoms with Gasteiger partial charge in [0.1, 0.15) is 0 Å². The van der Waals surface area contributed by atoms with Crippen molar-refractivity contribution >= 4 is 23.0 Å². The monoisotopic (exact) mass is 266 g/mol. The van der Waals surface area contributed by atoms with Gasteiger partial charge in [-0.05, 0) is 6.07 Å². The second kappa shape index (κ2) is 6.03. The van der Waals surface area contributed by atoms with Crippen LogP contribution in [0.15, 0.2) is 18.2 Å². The zero-order chi connectivity index (χ0) is 14.6. The number of rotatable bonds is 5. The van der Waals surface area contributed by atoms with Crippen LogP contribution in [0.25, 0.3) is 0 Å². The Labute approximate surface area is 112 Å². The number of nitrogens with zero attached hydrogens (tertiary/aromatic N) is 3. The molecule has 0 radical (unpaired) electrons. The molecule has 0 bridgehead atoms. The molecule has 0 fully saturated rings. The molecule has 0 heterocycles. The third-order valence-corrected chi connectivity index (χ3v) is 2.71. The van der Waals surface area contributed by atoms with Crippen molar-refractivity contribution in [1.29, 1.82) is 0 Å². The Kier molecular flexibility index (Phi) is 4.68. The van der Waals surface area contributed by atoms with Crippen LogP contribution >= 0.6 is 0 Å². The molecule has 19 heavy (non-hydrogen) atoms. The SMILES string of the molecule is CNc1cc(N(C)CC(=O)N(C)C)cc([N+](=O)[O-])c1. The van der Waals surface area contributed by atoms with Gasteiger partial charge in [-0.2, -0.15) is 0 Å². The predicted octanol–water partition coefficient (Wildman–Crippen LogP) is 1.16. The first-order valence-electron chi connectivity index (χ1n) is 5.73. The van der Waals surface area contributed by atoms with Crippen LogP contribution in [0, 0.1) is 10.1 Å². The standard InChI is InChI=1S/C12H18N4O3/c1-13-9-5-10(7-11(6-9)16(18)19)15(4)8-12(17)14(2)3/h5-7,13H,8H2,1-4H3. The van der Waals surface area contributed by atoms with E-state index in [0.29, 0.717) is 11.4 Å². The number of non-ortho nitro benzene ring substituents is 1. The van der Waals surface area contributed by atoms with Crippen LogP contribution < -0.4 is 10.2 Å². The van der Waals surface area contributed by atoms with Crippen molar-refractivity contribution in [2.24, 2.45) is 0 Å². The van der Waals surface area contributed by atoms with Crippen LogP contribution in [-0.2, 0) is 4.79 Å². The molecule has 0 aromatic heterocycles. The summed E-state index contributed by atoms with van der Waals surface area (Å²) in [5.74, 6) is -0.0694. The summed E-state index contributed by atoms with van der Waals surface area (Å²) in [5, 5.41) is 13.7. The molecule has 7 heteroatoms. The molecule has 104 valence electrons. The Morgan fingerprint density at radius 2 is 1.95 bits per heavy atom. The quantitative estimate of drug-likeness (QED) is 0.639. The molecule has 7 nitrogen and oxygen atoms in total. The average molecular weight is 266 g/mol. The first-order chi connectivity index (χ1) is 8.85. The van der Waals surface area contributed by atoms with Crippen LogP contribution in [0.2, 0.25) is 0 Å². The maximum atomic E-state index is 11.6. The molecule has 1 N–H and O–H groups in total. The van der Waals surface area contributed by atoms with E-state index in [4.69, 9.17) is 0 Å². The largest absolute Gasteiger partial charge is 0.388 e. The molecule has 0 aliphatic rings. The van der Waals surface area contributed by atoms with E-state index >= 15 is 0 Å². The zero-order valence-corrected chi connectivity index (χ0v) is 11.5. The highest BCUT2D eigenvalue weighted by Crippen LogP contribution is 2.26. The van der Waals surface area contributed by atoms with E-state index in [-0.39, 0.29) is 18.1 Å². The van der Waals surface area contributed by atoms with Gasteiger partial charge in [-0.15, -0.1) is 0 Å². The van der Waals surface area contributed by atoms with Crippen molar-refractivity contribution in [2.75, 3.05) is 45.0 Å². The highest BCUT2D eigenvalue weighted by Gasteiger charge is 2.14. The van der Waals surface area contributed by atoms with Crippen molar-refractivity contribution in [3.63, 3.8) is 0 Å². The van der Waals surface area contributed by atoms with Gasteiger partial charge in [-0.25, -0.2) is 0 Å². The fraction of sp³-hybridized carbons (Fsp3) is 0.417. The summed E-state index contributed by atoms with van der Waals surface area (Å²) < 4.78 is 0. The molecule has 1 aromatic carbocycles. The summed E-state index contributed by atoms with van der Waals surface area (Å²) in [7, 11) is 6.75. The van der Waals surface area contributed by atoms with Gasteiger partial charge in [0.2, 0.25) is 5.91 Å². The van der Waals surface area contributed by atoms with Crippen LogP contribution in [-0.4, -0.2) is 50.5 Å². The van der Waals surface area contributed by atoms with Crippen LogP contribution in [0.1, 0.15) is 0 Å². The van der Waals surface area contributed by atoms with Crippen molar-refractivity contribution < 1.29 is 9.72 Å². The van der Waals surface area contributed by atoms with Crippen molar-refractivity contribution in [3.8, 4) is 0 Å². The van der Waals surface area contributed by atoms with Gasteiger partial charge in [0.05, 0.1) is 11.5 Å². The van der Waals surface area contributed by atoms with Crippen molar-refractivity contribution in [1.82, 2.24) is 4.90 Å². The Bertz CT molecular complexity index is 488. The molecule has 0 aliphatic heterocycles. The molecule has 0 atom stereocenters. The summed E-state index contributed by atoms with van der Waals surface area (Å²) in [5.41, 5.74) is 1.24. The van der Waals surface area contributed by atoms with Gasteiger partial charge in [0, 0.05) is 51.7 Å². The Hall–Kier alpha value is -2.31. The summed E-state index contributed by atoms with van der Waals surface area (Å²) in [6.07, 6.45) is 0. The molecule has 0 saturated heterocycles. The summed E-state index contributed by atoms with van der Waals surface area (Å²) in [6, 6.07) is 4.66. The average Bonchev–Trinajstić information content (AvgIpc) is 2.37. The third-order valence-electron chi connectivity index (χ3n) is 2.71. The molecule has 0 aliphatic carbocycles. The van der Waals surface area contributed by atoms with E-state index in [2.05, 4.69) is 5.32 Å². The lowest BCUT2D eigenvalue weighted by atomic mass is 10.2. The maximum Gasteiger partial charge on any atom is 0.273 e. The Morgan fingerprint density at radius 3 is 2.42 bits per heavy atom. The summed E-state index contributed by atoms with van der Waals surface area (Å²) in [6.45, 7) is 0.164. The molecule has 1 aromatic rings. The number of hydrogen-bond acceptors (Lipinski definition) is 5. The predicted molar refractivity (Wildman–Crippen MR) is 74.6 cm³/mol. The number of benzene rings is 1. The molecule has 0 saturated carbocycles. The summed E-state index contributed by atoms with van der Waals surface area (Å²) >= 11 is 0.